The average molecular weight is 321 g/mol. The molecule has 0 saturated carbocycles. The van der Waals surface area contributed by atoms with Crippen molar-refractivity contribution < 1.29 is 9.15 Å². The van der Waals surface area contributed by atoms with Crippen LogP contribution in [0.3, 0.4) is 0 Å². The smallest absolute Gasteiger partial charge is 0.193 e. The molecular weight excluding hydrogens is 311 g/mol. The molecule has 0 aliphatic rings. The molecule has 1 aromatic heterocycles. The number of ether oxygens (including phenoxy) is 1. The Morgan fingerprint density at radius 3 is 2.52 bits per heavy atom. The van der Waals surface area contributed by atoms with Gasteiger partial charge in [-0.3, -0.25) is 4.79 Å². The highest BCUT2D eigenvalue weighted by atomic mass is 35.5. The van der Waals surface area contributed by atoms with Crippen molar-refractivity contribution >= 4 is 34.2 Å². The van der Waals surface area contributed by atoms with Crippen molar-refractivity contribution in [3.05, 3.63) is 62.7 Å². The third-order valence-corrected chi connectivity index (χ3v) is 3.77. The van der Waals surface area contributed by atoms with Crippen molar-refractivity contribution in [3.8, 4) is 17.1 Å². The molecule has 0 atom stereocenters. The van der Waals surface area contributed by atoms with E-state index in [1.165, 1.54) is 19.2 Å². The van der Waals surface area contributed by atoms with E-state index in [1.54, 1.807) is 18.2 Å². The molecule has 3 rings (SSSR count). The molecule has 0 radical (unpaired) electrons. The molecule has 0 fully saturated rings. The van der Waals surface area contributed by atoms with E-state index in [4.69, 9.17) is 32.4 Å². The van der Waals surface area contributed by atoms with E-state index >= 15 is 0 Å². The van der Waals surface area contributed by atoms with Crippen LogP contribution in [0, 0.1) is 0 Å². The Morgan fingerprint density at radius 1 is 1.05 bits per heavy atom. The second-order valence-electron chi connectivity index (χ2n) is 4.44. The number of benzene rings is 2. The van der Waals surface area contributed by atoms with Crippen molar-refractivity contribution in [2.75, 3.05) is 7.11 Å². The minimum Gasteiger partial charge on any atom is -0.495 e. The molecule has 3 aromatic rings. The average Bonchev–Trinajstić information content (AvgIpc) is 2.48. The Balaban J connectivity index is 2.30. The molecule has 0 saturated heterocycles. The number of rotatable bonds is 2. The molecule has 2 aromatic carbocycles. The maximum Gasteiger partial charge on any atom is 0.193 e. The van der Waals surface area contributed by atoms with E-state index in [0.717, 1.165) is 0 Å². The molecule has 5 heteroatoms. The third-order valence-electron chi connectivity index (χ3n) is 3.14. The van der Waals surface area contributed by atoms with Crippen molar-refractivity contribution in [3.63, 3.8) is 0 Å². The number of hydrogen-bond acceptors (Lipinski definition) is 3. The van der Waals surface area contributed by atoms with Gasteiger partial charge in [-0.05, 0) is 18.2 Å². The summed E-state index contributed by atoms with van der Waals surface area (Å²) in [5.41, 5.74) is 0.876. The zero-order chi connectivity index (χ0) is 15.0. The van der Waals surface area contributed by atoms with Gasteiger partial charge in [-0.15, -0.1) is 0 Å². The van der Waals surface area contributed by atoms with Gasteiger partial charge in [0.25, 0.3) is 0 Å². The predicted molar refractivity (Wildman–Crippen MR) is 84.5 cm³/mol. The van der Waals surface area contributed by atoms with Crippen LogP contribution in [0.2, 0.25) is 10.0 Å². The number of methoxy groups -OCH3 is 1. The van der Waals surface area contributed by atoms with Gasteiger partial charge < -0.3 is 9.15 Å². The Kier molecular flexibility index (Phi) is 3.62. The van der Waals surface area contributed by atoms with Crippen LogP contribution < -0.4 is 10.2 Å². The summed E-state index contributed by atoms with van der Waals surface area (Å²) in [5, 5.41) is 1.28. The first-order chi connectivity index (χ1) is 10.1. The van der Waals surface area contributed by atoms with Crippen LogP contribution in [-0.2, 0) is 0 Å². The summed E-state index contributed by atoms with van der Waals surface area (Å²) < 4.78 is 10.9. The predicted octanol–water partition coefficient (Wildman–Crippen LogP) is 4.78. The fraction of sp³-hybridized carbons (Fsp3) is 0.0625. The molecule has 0 amide bonds. The van der Waals surface area contributed by atoms with Gasteiger partial charge >= 0.3 is 0 Å². The first-order valence-electron chi connectivity index (χ1n) is 6.16. The number of fused-ring (bicyclic) bond motifs is 1. The monoisotopic (exact) mass is 320 g/mol. The Morgan fingerprint density at radius 2 is 1.81 bits per heavy atom. The quantitative estimate of drug-likeness (QED) is 0.682. The summed E-state index contributed by atoms with van der Waals surface area (Å²) in [6, 6.07) is 11.7. The lowest BCUT2D eigenvalue weighted by molar-refractivity contribution is 0.414. The van der Waals surface area contributed by atoms with Crippen molar-refractivity contribution in [1.29, 1.82) is 0 Å². The molecule has 1 heterocycles. The summed E-state index contributed by atoms with van der Waals surface area (Å²) in [6.45, 7) is 0. The lowest BCUT2D eigenvalue weighted by Gasteiger charge is -2.07. The second-order valence-corrected chi connectivity index (χ2v) is 5.25. The standard InChI is InChI=1S/C16H10Cl2O3/c1-20-16-8-15-10(6-12(16)18)13(19)7-14(21-15)9-4-2-3-5-11(9)17/h2-8H,1H3. The second kappa shape index (κ2) is 5.43. The highest BCUT2D eigenvalue weighted by molar-refractivity contribution is 6.33. The number of hydrogen-bond donors (Lipinski definition) is 0. The minimum absolute atomic E-state index is 0.185. The molecule has 0 aliphatic heterocycles. The van der Waals surface area contributed by atoms with Crippen LogP contribution in [0.5, 0.6) is 5.75 Å². The van der Waals surface area contributed by atoms with E-state index in [0.29, 0.717) is 38.1 Å². The molecule has 21 heavy (non-hydrogen) atoms. The molecule has 106 valence electrons. The lowest BCUT2D eigenvalue weighted by Crippen LogP contribution is -2.01. The maximum atomic E-state index is 12.2. The van der Waals surface area contributed by atoms with Crippen molar-refractivity contribution in [1.82, 2.24) is 0 Å². The number of halogens is 2. The van der Waals surface area contributed by atoms with E-state index in [2.05, 4.69) is 0 Å². The van der Waals surface area contributed by atoms with Crippen LogP contribution in [0.15, 0.2) is 51.7 Å². The lowest BCUT2D eigenvalue weighted by atomic mass is 10.1. The first-order valence-corrected chi connectivity index (χ1v) is 6.92. The fourth-order valence-electron chi connectivity index (χ4n) is 2.11. The van der Waals surface area contributed by atoms with Gasteiger partial charge in [0.1, 0.15) is 17.1 Å². The largest absolute Gasteiger partial charge is 0.495 e. The zero-order valence-corrected chi connectivity index (χ0v) is 12.5. The van der Waals surface area contributed by atoms with E-state index in [9.17, 15) is 4.79 Å². The van der Waals surface area contributed by atoms with Gasteiger partial charge in [-0.2, -0.15) is 0 Å². The Hall–Kier alpha value is -1.97. The topological polar surface area (TPSA) is 39.4 Å². The van der Waals surface area contributed by atoms with Crippen molar-refractivity contribution in [2.45, 2.75) is 0 Å². The highest BCUT2D eigenvalue weighted by Gasteiger charge is 2.12. The Labute approximate surface area is 130 Å². The zero-order valence-electron chi connectivity index (χ0n) is 11.0. The molecule has 0 aliphatic carbocycles. The summed E-state index contributed by atoms with van der Waals surface area (Å²) >= 11 is 12.2. The fourth-order valence-corrected chi connectivity index (χ4v) is 2.58. The van der Waals surface area contributed by atoms with E-state index in [-0.39, 0.29) is 5.43 Å². The Bertz CT molecular complexity index is 884. The van der Waals surface area contributed by atoms with Gasteiger partial charge in [-0.1, -0.05) is 35.3 Å². The van der Waals surface area contributed by atoms with E-state index in [1.807, 2.05) is 12.1 Å². The summed E-state index contributed by atoms with van der Waals surface area (Å²) in [7, 11) is 1.50. The van der Waals surface area contributed by atoms with Crippen LogP contribution in [-0.4, -0.2) is 7.11 Å². The van der Waals surface area contributed by atoms with E-state index < -0.39 is 0 Å². The van der Waals surface area contributed by atoms with Gasteiger partial charge in [-0.25, -0.2) is 0 Å². The summed E-state index contributed by atoms with van der Waals surface area (Å²) in [5.74, 6) is 0.853. The van der Waals surface area contributed by atoms with Crippen LogP contribution in [0.4, 0.5) is 0 Å². The van der Waals surface area contributed by atoms with Gasteiger partial charge in [0.15, 0.2) is 5.43 Å². The molecule has 0 unspecified atom stereocenters. The van der Waals surface area contributed by atoms with Gasteiger partial charge in [0.05, 0.1) is 22.5 Å². The van der Waals surface area contributed by atoms with Crippen LogP contribution in [0.1, 0.15) is 0 Å². The maximum absolute atomic E-state index is 12.2. The molecule has 3 nitrogen and oxygen atoms in total. The molecule has 0 bridgehead atoms. The first kappa shape index (κ1) is 14.0. The normalized spacial score (nSPS) is 10.8. The molecule has 0 spiro atoms. The summed E-state index contributed by atoms with van der Waals surface area (Å²) in [6.07, 6.45) is 0. The summed E-state index contributed by atoms with van der Waals surface area (Å²) in [4.78, 5) is 12.2. The third kappa shape index (κ3) is 2.50. The highest BCUT2D eigenvalue weighted by Crippen LogP contribution is 2.32. The molecule has 0 N–H and O–H groups in total. The van der Waals surface area contributed by atoms with Gasteiger partial charge in [0.2, 0.25) is 0 Å². The van der Waals surface area contributed by atoms with Crippen LogP contribution >= 0.6 is 23.2 Å². The molecular formula is C16H10Cl2O3. The van der Waals surface area contributed by atoms with Gasteiger partial charge in [0, 0.05) is 17.7 Å². The minimum atomic E-state index is -0.185. The SMILES string of the molecule is COc1cc2oc(-c3ccccc3Cl)cc(=O)c2cc1Cl. The van der Waals surface area contributed by atoms with Crippen LogP contribution in [0.25, 0.3) is 22.3 Å². The van der Waals surface area contributed by atoms with Crippen molar-refractivity contribution in [2.24, 2.45) is 0 Å².